The molecule has 0 N–H and O–H groups in total. The molecule has 0 fully saturated rings. The molecule has 0 saturated heterocycles. The Morgan fingerprint density at radius 2 is 1.90 bits per heavy atom. The van der Waals surface area contributed by atoms with Gasteiger partial charge in [-0.05, 0) is 30.5 Å². The van der Waals surface area contributed by atoms with E-state index in [1.165, 1.54) is 11.3 Å². The molecule has 0 saturated carbocycles. The third-order valence-electron chi connectivity index (χ3n) is 4.48. The van der Waals surface area contributed by atoms with Gasteiger partial charge in [0.25, 0.3) is 0 Å². The summed E-state index contributed by atoms with van der Waals surface area (Å²) in [7, 11) is 0. The van der Waals surface area contributed by atoms with E-state index in [4.69, 9.17) is 21.1 Å². The summed E-state index contributed by atoms with van der Waals surface area (Å²) in [5, 5.41) is 0.711. The number of carbonyl (C=O) groups excluding carboxylic acids is 1. The minimum Gasteiger partial charge on any atom is -0.486 e. The third kappa shape index (κ3) is 5.17. The third-order valence-corrected chi connectivity index (χ3v) is 7.38. The number of aryl methyl sites for hydroxylation is 1. The maximum atomic E-state index is 12.6. The number of ether oxygens (including phenoxy) is 2. The summed E-state index contributed by atoms with van der Waals surface area (Å²) in [5.41, 5.74) is 1.03. The lowest BCUT2D eigenvalue weighted by atomic mass is 10.2. The van der Waals surface area contributed by atoms with Crippen molar-refractivity contribution in [3.8, 4) is 11.5 Å². The molecule has 2 aromatic carbocycles. The number of benzene rings is 2. The van der Waals surface area contributed by atoms with Crippen LogP contribution in [0.2, 0.25) is 5.02 Å². The minimum absolute atomic E-state index is 0.113. The van der Waals surface area contributed by atoms with Crippen molar-refractivity contribution in [2.45, 2.75) is 17.9 Å². The zero-order chi connectivity index (χ0) is 20.9. The predicted molar refractivity (Wildman–Crippen MR) is 127 cm³/mol. The van der Waals surface area contributed by atoms with Gasteiger partial charge in [0.05, 0.1) is 10.2 Å². The molecular weight excluding hydrogens is 460 g/mol. The van der Waals surface area contributed by atoms with Crippen molar-refractivity contribution in [1.82, 2.24) is 4.57 Å². The van der Waals surface area contributed by atoms with Crippen LogP contribution in [0.25, 0.3) is 10.2 Å². The standard InChI is InChI=1S/C21H21ClN2O3S3/c1-28-11-7-24-16-12-17-18(27-9-8-26-17)13-19(16)30-21(24)23-20(25)6-10-29-15-4-2-14(22)3-5-15/h2-5,12-13H,6-11H2,1H3. The topological polar surface area (TPSA) is 52.8 Å². The van der Waals surface area contributed by atoms with E-state index in [2.05, 4.69) is 15.8 Å². The smallest absolute Gasteiger partial charge is 0.249 e. The van der Waals surface area contributed by atoms with E-state index in [9.17, 15) is 4.79 Å². The number of hydrogen-bond acceptors (Lipinski definition) is 6. The summed E-state index contributed by atoms with van der Waals surface area (Å²) in [6.07, 6.45) is 2.46. The van der Waals surface area contributed by atoms with Gasteiger partial charge in [0.1, 0.15) is 13.2 Å². The number of carbonyl (C=O) groups is 1. The van der Waals surface area contributed by atoms with Crippen molar-refractivity contribution in [2.75, 3.05) is 31.0 Å². The Bertz CT molecular complexity index is 1110. The van der Waals surface area contributed by atoms with Gasteiger partial charge in [-0.3, -0.25) is 4.79 Å². The molecule has 2 heterocycles. The van der Waals surface area contributed by atoms with Gasteiger partial charge in [0.15, 0.2) is 16.3 Å². The van der Waals surface area contributed by atoms with Gasteiger partial charge in [-0.25, -0.2) is 0 Å². The summed E-state index contributed by atoms with van der Waals surface area (Å²) in [4.78, 5) is 18.8. The zero-order valence-electron chi connectivity index (χ0n) is 16.4. The second-order valence-corrected chi connectivity index (χ2v) is 10.2. The van der Waals surface area contributed by atoms with Crippen LogP contribution in [0.15, 0.2) is 46.3 Å². The number of hydrogen-bond donors (Lipinski definition) is 0. The molecule has 1 aliphatic heterocycles. The summed E-state index contributed by atoms with van der Waals surface area (Å²) >= 11 is 10.8. The fraction of sp³-hybridized carbons (Fsp3) is 0.333. The van der Waals surface area contributed by atoms with E-state index in [1.807, 2.05) is 36.4 Å². The molecule has 4 rings (SSSR count). The average molecular weight is 481 g/mol. The predicted octanol–water partition coefficient (Wildman–Crippen LogP) is 5.10. The van der Waals surface area contributed by atoms with Crippen LogP contribution < -0.4 is 14.3 Å². The summed E-state index contributed by atoms with van der Waals surface area (Å²) in [5.74, 6) is 3.01. The lowest BCUT2D eigenvalue weighted by molar-refractivity contribution is -0.117. The number of amides is 1. The fourth-order valence-electron chi connectivity index (χ4n) is 3.04. The van der Waals surface area contributed by atoms with Gasteiger partial charge in [-0.1, -0.05) is 22.9 Å². The Morgan fingerprint density at radius 1 is 1.17 bits per heavy atom. The molecule has 5 nitrogen and oxygen atoms in total. The van der Waals surface area contributed by atoms with Crippen LogP contribution in [-0.2, 0) is 11.3 Å². The summed E-state index contributed by atoms with van der Waals surface area (Å²) < 4.78 is 14.6. The van der Waals surface area contributed by atoms with Gasteiger partial charge in [-0.2, -0.15) is 16.8 Å². The number of nitrogens with zero attached hydrogens (tertiary/aromatic N) is 2. The Hall–Kier alpha value is -1.61. The number of thiazole rings is 1. The maximum absolute atomic E-state index is 12.6. The van der Waals surface area contributed by atoms with Gasteiger partial charge in [0, 0.05) is 46.5 Å². The molecule has 0 aliphatic carbocycles. The zero-order valence-corrected chi connectivity index (χ0v) is 19.6. The van der Waals surface area contributed by atoms with Crippen LogP contribution in [0.5, 0.6) is 11.5 Å². The van der Waals surface area contributed by atoms with Crippen molar-refractivity contribution >= 4 is 62.6 Å². The number of halogens is 1. The number of aromatic nitrogens is 1. The van der Waals surface area contributed by atoms with E-state index >= 15 is 0 Å². The van der Waals surface area contributed by atoms with E-state index in [-0.39, 0.29) is 5.91 Å². The Kier molecular flexibility index (Phi) is 7.30. The van der Waals surface area contributed by atoms with Crippen molar-refractivity contribution in [3.05, 3.63) is 46.2 Å². The Morgan fingerprint density at radius 3 is 2.63 bits per heavy atom. The van der Waals surface area contributed by atoms with Gasteiger partial charge in [0.2, 0.25) is 5.91 Å². The molecular formula is C21H21ClN2O3S3. The molecule has 1 aromatic heterocycles. The molecule has 1 amide bonds. The van der Waals surface area contributed by atoms with Crippen molar-refractivity contribution in [3.63, 3.8) is 0 Å². The van der Waals surface area contributed by atoms with Gasteiger partial charge < -0.3 is 14.0 Å². The van der Waals surface area contributed by atoms with Crippen LogP contribution in [0.1, 0.15) is 6.42 Å². The Labute approximate surface area is 192 Å². The molecule has 1 aliphatic rings. The molecule has 0 atom stereocenters. The quantitative estimate of drug-likeness (QED) is 0.440. The molecule has 3 aromatic rings. The summed E-state index contributed by atoms with van der Waals surface area (Å²) in [6, 6.07) is 11.6. The van der Waals surface area contributed by atoms with Gasteiger partial charge in [-0.15, -0.1) is 11.8 Å². The first-order chi connectivity index (χ1) is 14.6. The summed E-state index contributed by atoms with van der Waals surface area (Å²) in [6.45, 7) is 1.89. The lowest BCUT2D eigenvalue weighted by Crippen LogP contribution is -2.19. The molecule has 0 spiro atoms. The lowest BCUT2D eigenvalue weighted by Gasteiger charge is -2.18. The largest absolute Gasteiger partial charge is 0.486 e. The van der Waals surface area contributed by atoms with Crippen molar-refractivity contribution in [1.29, 1.82) is 0 Å². The van der Waals surface area contributed by atoms with Crippen LogP contribution >= 0.6 is 46.5 Å². The first-order valence-electron chi connectivity index (χ1n) is 9.52. The minimum atomic E-state index is -0.113. The first-order valence-corrected chi connectivity index (χ1v) is 13.1. The molecule has 0 radical (unpaired) electrons. The maximum Gasteiger partial charge on any atom is 0.249 e. The highest BCUT2D eigenvalue weighted by atomic mass is 35.5. The number of rotatable bonds is 7. The van der Waals surface area contributed by atoms with Crippen LogP contribution in [0, 0.1) is 0 Å². The normalized spacial score (nSPS) is 13.7. The molecule has 0 unspecified atom stereocenters. The fourth-order valence-corrected chi connectivity index (χ4v) is 5.46. The van der Waals surface area contributed by atoms with Crippen LogP contribution in [-0.4, -0.2) is 41.4 Å². The first kappa shape index (κ1) is 21.6. The van der Waals surface area contributed by atoms with E-state index in [1.54, 1.807) is 23.5 Å². The second-order valence-electron chi connectivity index (χ2n) is 6.55. The average Bonchev–Trinajstić information content (AvgIpc) is 3.07. The highest BCUT2D eigenvalue weighted by molar-refractivity contribution is 7.99. The molecule has 0 bridgehead atoms. The second kappa shape index (κ2) is 10.1. The van der Waals surface area contributed by atoms with Crippen molar-refractivity contribution in [2.24, 2.45) is 4.99 Å². The highest BCUT2D eigenvalue weighted by Gasteiger charge is 2.16. The van der Waals surface area contributed by atoms with E-state index in [0.29, 0.717) is 30.4 Å². The number of fused-ring (bicyclic) bond motifs is 2. The highest BCUT2D eigenvalue weighted by Crippen LogP contribution is 2.35. The Balaban J connectivity index is 1.55. The SMILES string of the molecule is CSCCn1c(=NC(=O)CCSc2ccc(Cl)cc2)sc2cc3c(cc21)OCCO3. The number of thioether (sulfide) groups is 2. The van der Waals surface area contributed by atoms with Gasteiger partial charge >= 0.3 is 0 Å². The van der Waals surface area contributed by atoms with Crippen LogP contribution in [0.3, 0.4) is 0 Å². The van der Waals surface area contributed by atoms with E-state index in [0.717, 1.165) is 43.7 Å². The van der Waals surface area contributed by atoms with Crippen molar-refractivity contribution < 1.29 is 14.3 Å². The van der Waals surface area contributed by atoms with Crippen LogP contribution in [0.4, 0.5) is 0 Å². The molecule has 9 heteroatoms. The molecule has 30 heavy (non-hydrogen) atoms. The monoisotopic (exact) mass is 480 g/mol. The van der Waals surface area contributed by atoms with E-state index < -0.39 is 0 Å². The molecule has 158 valence electrons.